The van der Waals surface area contributed by atoms with E-state index in [-0.39, 0.29) is 11.8 Å². The number of benzene rings is 2. The first-order chi connectivity index (χ1) is 13.1. The molecule has 3 rings (SSSR count). The van der Waals surface area contributed by atoms with E-state index in [2.05, 4.69) is 49.1 Å². The third kappa shape index (κ3) is 4.49. The molecule has 0 saturated carbocycles. The van der Waals surface area contributed by atoms with Crippen molar-refractivity contribution in [1.29, 1.82) is 5.26 Å². The topological polar surface area (TPSA) is 47.3 Å². The number of anilines is 1. The normalized spacial score (nSPS) is 15.3. The van der Waals surface area contributed by atoms with Crippen molar-refractivity contribution < 1.29 is 4.79 Å². The molecule has 1 atom stereocenters. The molecule has 2 aromatic rings. The summed E-state index contributed by atoms with van der Waals surface area (Å²) < 4.78 is 0. The van der Waals surface area contributed by atoms with E-state index in [0.717, 1.165) is 25.2 Å². The lowest BCUT2D eigenvalue weighted by atomic mass is 9.95. The van der Waals surface area contributed by atoms with Crippen LogP contribution in [0.5, 0.6) is 0 Å². The van der Waals surface area contributed by atoms with E-state index in [4.69, 9.17) is 0 Å². The van der Waals surface area contributed by atoms with Gasteiger partial charge < -0.3 is 9.80 Å². The van der Waals surface area contributed by atoms with Crippen LogP contribution >= 0.6 is 0 Å². The maximum atomic E-state index is 12.7. The number of nitrogens with zero attached hydrogens (tertiary/aromatic N) is 3. The van der Waals surface area contributed by atoms with E-state index in [1.54, 1.807) is 0 Å². The molecule has 140 valence electrons. The number of piperazine rings is 1. The third-order valence-electron chi connectivity index (χ3n) is 5.44. The molecule has 0 spiro atoms. The fourth-order valence-electron chi connectivity index (χ4n) is 3.63. The summed E-state index contributed by atoms with van der Waals surface area (Å²) in [5.41, 5.74) is 4.21. The zero-order chi connectivity index (χ0) is 19.2. The molecule has 0 aliphatic carbocycles. The van der Waals surface area contributed by atoms with Crippen molar-refractivity contribution in [3.05, 3.63) is 65.2 Å². The first kappa shape index (κ1) is 19.0. The molecule has 2 aromatic carbocycles. The lowest BCUT2D eigenvalue weighted by molar-refractivity contribution is -0.131. The minimum absolute atomic E-state index is 0.218. The summed E-state index contributed by atoms with van der Waals surface area (Å²) in [6, 6.07) is 18.5. The van der Waals surface area contributed by atoms with Gasteiger partial charge in [-0.2, -0.15) is 5.26 Å². The Kier molecular flexibility index (Phi) is 6.13. The average molecular weight is 361 g/mol. The number of hydrogen-bond acceptors (Lipinski definition) is 3. The molecule has 1 aliphatic heterocycles. The van der Waals surface area contributed by atoms with Gasteiger partial charge in [0.2, 0.25) is 5.91 Å². The Morgan fingerprint density at radius 3 is 2.37 bits per heavy atom. The fraction of sp³-hybridized carbons (Fsp3) is 0.391. The number of aryl methyl sites for hydroxylation is 1. The molecule has 0 N–H and O–H groups in total. The number of carbonyl (C=O) groups is 1. The van der Waals surface area contributed by atoms with Gasteiger partial charge in [0.05, 0.1) is 11.3 Å². The number of hydrogen-bond donors (Lipinski definition) is 0. The van der Waals surface area contributed by atoms with Gasteiger partial charge in [0.1, 0.15) is 6.07 Å². The van der Waals surface area contributed by atoms with Crippen LogP contribution in [-0.2, 0) is 11.2 Å². The number of carbonyl (C=O) groups excluding carboxylic acids is 1. The molecule has 1 amide bonds. The molecule has 0 aromatic heterocycles. The van der Waals surface area contributed by atoms with Crippen LogP contribution in [0.4, 0.5) is 5.69 Å². The predicted octanol–water partition coefficient (Wildman–Crippen LogP) is 3.96. The lowest BCUT2D eigenvalue weighted by Gasteiger charge is -2.37. The molecule has 1 unspecified atom stereocenters. The minimum Gasteiger partial charge on any atom is -0.367 e. The van der Waals surface area contributed by atoms with Gasteiger partial charge in [0.15, 0.2) is 0 Å². The van der Waals surface area contributed by atoms with Crippen molar-refractivity contribution in [3.63, 3.8) is 0 Å². The van der Waals surface area contributed by atoms with Crippen molar-refractivity contribution in [3.8, 4) is 6.07 Å². The predicted molar refractivity (Wildman–Crippen MR) is 109 cm³/mol. The maximum absolute atomic E-state index is 12.7. The van der Waals surface area contributed by atoms with Crippen LogP contribution in [0.25, 0.3) is 0 Å². The first-order valence-electron chi connectivity index (χ1n) is 9.73. The van der Waals surface area contributed by atoms with Gasteiger partial charge >= 0.3 is 0 Å². The van der Waals surface area contributed by atoms with Gasteiger partial charge in [-0.3, -0.25) is 4.79 Å². The van der Waals surface area contributed by atoms with E-state index < -0.39 is 0 Å². The zero-order valence-electron chi connectivity index (χ0n) is 16.2. The minimum atomic E-state index is 0.218. The second-order valence-corrected chi connectivity index (χ2v) is 7.20. The Hall–Kier alpha value is -2.80. The summed E-state index contributed by atoms with van der Waals surface area (Å²) in [6.07, 6.45) is 1.58. The zero-order valence-corrected chi connectivity index (χ0v) is 16.2. The second kappa shape index (κ2) is 8.73. The fourth-order valence-corrected chi connectivity index (χ4v) is 3.63. The molecule has 1 heterocycles. The molecular formula is C23H27N3O. The largest absolute Gasteiger partial charge is 0.367 e. The average Bonchev–Trinajstić information content (AvgIpc) is 2.73. The Balaban J connectivity index is 1.56. The number of para-hydroxylation sites is 1. The highest BCUT2D eigenvalue weighted by atomic mass is 16.2. The molecule has 1 aliphatic rings. The van der Waals surface area contributed by atoms with Crippen molar-refractivity contribution in [2.24, 2.45) is 0 Å². The van der Waals surface area contributed by atoms with E-state index in [9.17, 15) is 10.1 Å². The molecule has 0 bridgehead atoms. The molecule has 0 radical (unpaired) electrons. The first-order valence-corrected chi connectivity index (χ1v) is 9.73. The Bertz CT molecular complexity index is 814. The van der Waals surface area contributed by atoms with E-state index in [1.807, 2.05) is 29.2 Å². The Morgan fingerprint density at radius 2 is 1.74 bits per heavy atom. The van der Waals surface area contributed by atoms with Crippen molar-refractivity contribution in [2.45, 2.75) is 32.6 Å². The van der Waals surface area contributed by atoms with Gasteiger partial charge in [0, 0.05) is 32.6 Å². The highest BCUT2D eigenvalue weighted by Gasteiger charge is 2.23. The molecule has 4 heteroatoms. The Morgan fingerprint density at radius 1 is 1.07 bits per heavy atom. The van der Waals surface area contributed by atoms with Crippen molar-refractivity contribution in [2.75, 3.05) is 31.1 Å². The number of rotatable bonds is 5. The van der Waals surface area contributed by atoms with E-state index in [1.165, 1.54) is 11.1 Å². The SMILES string of the molecule is CCc1ccc(C(C)CC(=O)N2CCN(c3ccccc3C#N)CC2)cc1. The van der Waals surface area contributed by atoms with E-state index >= 15 is 0 Å². The number of amides is 1. The van der Waals surface area contributed by atoms with Crippen LogP contribution in [0.3, 0.4) is 0 Å². The quantitative estimate of drug-likeness (QED) is 0.810. The number of nitriles is 1. The molecule has 4 nitrogen and oxygen atoms in total. The smallest absolute Gasteiger partial charge is 0.223 e. The van der Waals surface area contributed by atoms with Gasteiger partial charge in [-0.15, -0.1) is 0 Å². The summed E-state index contributed by atoms with van der Waals surface area (Å²) in [6.45, 7) is 7.23. The summed E-state index contributed by atoms with van der Waals surface area (Å²) in [5.74, 6) is 0.441. The van der Waals surface area contributed by atoms with Gasteiger partial charge in [-0.25, -0.2) is 0 Å². The van der Waals surface area contributed by atoms with Gasteiger partial charge in [-0.05, 0) is 35.6 Å². The summed E-state index contributed by atoms with van der Waals surface area (Å²) >= 11 is 0. The van der Waals surface area contributed by atoms with Crippen LogP contribution in [0, 0.1) is 11.3 Å². The summed E-state index contributed by atoms with van der Waals surface area (Å²) in [5, 5.41) is 9.29. The molecule has 27 heavy (non-hydrogen) atoms. The summed E-state index contributed by atoms with van der Waals surface area (Å²) in [4.78, 5) is 16.9. The standard InChI is InChI=1S/C23H27N3O/c1-3-19-8-10-20(11-9-19)18(2)16-23(27)26-14-12-25(13-15-26)22-7-5-4-6-21(22)17-24/h4-11,18H,3,12-16H2,1-2H3. The highest BCUT2D eigenvalue weighted by molar-refractivity contribution is 5.77. The molecule has 1 saturated heterocycles. The second-order valence-electron chi connectivity index (χ2n) is 7.20. The maximum Gasteiger partial charge on any atom is 0.223 e. The van der Waals surface area contributed by atoms with Crippen LogP contribution in [0.2, 0.25) is 0 Å². The van der Waals surface area contributed by atoms with Crippen LogP contribution in [-0.4, -0.2) is 37.0 Å². The van der Waals surface area contributed by atoms with E-state index in [0.29, 0.717) is 25.1 Å². The van der Waals surface area contributed by atoms with Crippen LogP contribution < -0.4 is 4.90 Å². The molecule has 1 fully saturated rings. The third-order valence-corrected chi connectivity index (χ3v) is 5.44. The van der Waals surface area contributed by atoms with Crippen molar-refractivity contribution >= 4 is 11.6 Å². The Labute approximate surface area is 162 Å². The van der Waals surface area contributed by atoms with Crippen LogP contribution in [0.15, 0.2) is 48.5 Å². The van der Waals surface area contributed by atoms with Gasteiger partial charge in [-0.1, -0.05) is 50.2 Å². The molecular weight excluding hydrogens is 334 g/mol. The lowest BCUT2D eigenvalue weighted by Crippen LogP contribution is -2.49. The van der Waals surface area contributed by atoms with Crippen molar-refractivity contribution in [1.82, 2.24) is 4.90 Å². The van der Waals surface area contributed by atoms with Crippen LogP contribution in [0.1, 0.15) is 42.9 Å². The summed E-state index contributed by atoms with van der Waals surface area (Å²) in [7, 11) is 0. The van der Waals surface area contributed by atoms with Gasteiger partial charge in [0.25, 0.3) is 0 Å². The highest BCUT2D eigenvalue weighted by Crippen LogP contribution is 2.23. The monoisotopic (exact) mass is 361 g/mol.